The number of benzene rings is 2. The number of carbonyl (C=O) groups excluding carboxylic acids is 1. The summed E-state index contributed by atoms with van der Waals surface area (Å²) in [6.07, 6.45) is 2.05. The van der Waals surface area contributed by atoms with Gasteiger partial charge in [-0.3, -0.25) is 14.9 Å². The molecule has 1 N–H and O–H groups in total. The number of hydrogen-bond donors (Lipinski definition) is 1. The van der Waals surface area contributed by atoms with Gasteiger partial charge in [0.25, 0.3) is 5.69 Å². The summed E-state index contributed by atoms with van der Waals surface area (Å²) < 4.78 is 5.12. The molecule has 27 heavy (non-hydrogen) atoms. The van der Waals surface area contributed by atoms with Gasteiger partial charge in [-0.05, 0) is 41.8 Å². The topological polar surface area (TPSA) is 106 Å². The van der Waals surface area contributed by atoms with Crippen LogP contribution in [0.15, 0.2) is 58.7 Å². The maximum absolute atomic E-state index is 12.1. The van der Waals surface area contributed by atoms with E-state index < -0.39 is 4.92 Å². The molecule has 1 atom stereocenters. The average Bonchev–Trinajstić information content (AvgIpc) is 3.02. The predicted octanol–water partition coefficient (Wildman–Crippen LogP) is 2.77. The smallest absolute Gasteiger partial charge is 0.269 e. The molecule has 8 nitrogen and oxygen atoms in total. The van der Waals surface area contributed by atoms with Crippen LogP contribution < -0.4 is 10.1 Å². The number of hydrogen-bond acceptors (Lipinski definition) is 7. The first-order valence-corrected chi connectivity index (χ1v) is 8.89. The molecule has 0 radical (unpaired) electrons. The van der Waals surface area contributed by atoms with Gasteiger partial charge in [0, 0.05) is 12.1 Å². The lowest BCUT2D eigenvalue weighted by atomic mass is 10.1. The summed E-state index contributed by atoms with van der Waals surface area (Å²) in [4.78, 5) is 22.3. The fourth-order valence-corrected chi connectivity index (χ4v) is 3.36. The highest BCUT2D eigenvalue weighted by atomic mass is 32.2. The van der Waals surface area contributed by atoms with Crippen molar-refractivity contribution in [3.8, 4) is 5.75 Å². The minimum atomic E-state index is -0.463. The van der Waals surface area contributed by atoms with Crippen LogP contribution in [0.25, 0.3) is 0 Å². The van der Waals surface area contributed by atoms with Gasteiger partial charge >= 0.3 is 0 Å². The molecule has 138 valence electrons. The van der Waals surface area contributed by atoms with Crippen molar-refractivity contribution < 1.29 is 14.5 Å². The number of nitro benzene ring substituents is 1. The maximum atomic E-state index is 12.1. The highest BCUT2D eigenvalue weighted by Gasteiger charge is 2.30. The summed E-state index contributed by atoms with van der Waals surface area (Å²) in [7, 11) is 1.61. The summed E-state index contributed by atoms with van der Waals surface area (Å²) in [5.74, 6) is 0.658. The van der Waals surface area contributed by atoms with Gasteiger partial charge in [0.05, 0.1) is 23.5 Å². The van der Waals surface area contributed by atoms with E-state index in [4.69, 9.17) is 4.74 Å². The number of nitro groups is 1. The number of ether oxygens (including phenoxy) is 1. The number of rotatable bonds is 6. The molecular weight excluding hydrogens is 368 g/mol. The van der Waals surface area contributed by atoms with Crippen molar-refractivity contribution in [2.45, 2.75) is 11.7 Å². The number of nitrogens with one attached hydrogen (secondary N) is 1. The van der Waals surface area contributed by atoms with Gasteiger partial charge in [-0.1, -0.05) is 23.9 Å². The number of amidine groups is 1. The third-order valence-corrected chi connectivity index (χ3v) is 4.89. The van der Waals surface area contributed by atoms with Gasteiger partial charge < -0.3 is 10.1 Å². The fourth-order valence-electron chi connectivity index (χ4n) is 2.39. The number of thioether (sulfide) groups is 1. The highest BCUT2D eigenvalue weighted by molar-refractivity contribution is 8.15. The molecule has 1 heterocycles. The normalized spacial score (nSPS) is 18.0. The van der Waals surface area contributed by atoms with Crippen LogP contribution in [0, 0.1) is 10.1 Å². The average molecular weight is 384 g/mol. The summed E-state index contributed by atoms with van der Waals surface area (Å²) >= 11 is 1.32. The van der Waals surface area contributed by atoms with E-state index >= 15 is 0 Å². The fraction of sp³-hybridized carbons (Fsp3) is 0.167. The van der Waals surface area contributed by atoms with Gasteiger partial charge in [-0.15, -0.1) is 5.10 Å². The van der Waals surface area contributed by atoms with Crippen LogP contribution in [0.3, 0.4) is 0 Å². The third-order valence-electron chi connectivity index (χ3n) is 3.82. The predicted molar refractivity (Wildman–Crippen MR) is 104 cm³/mol. The second-order valence-electron chi connectivity index (χ2n) is 5.65. The monoisotopic (exact) mass is 384 g/mol. The Bertz CT molecular complexity index is 895. The molecule has 2 aromatic rings. The zero-order valence-corrected chi connectivity index (χ0v) is 15.2. The summed E-state index contributed by atoms with van der Waals surface area (Å²) in [5, 5.41) is 21.4. The van der Waals surface area contributed by atoms with Crippen molar-refractivity contribution >= 4 is 34.7 Å². The largest absolute Gasteiger partial charge is 0.497 e. The van der Waals surface area contributed by atoms with Crippen LogP contribution in [-0.4, -0.2) is 34.6 Å². The lowest BCUT2D eigenvalue weighted by Gasteiger charge is -2.06. The standard InChI is InChI=1S/C18H16N4O4S/c1-26-15-8-4-12(5-9-15)10-16-17(23)20-18(27-16)21-19-11-13-2-6-14(7-3-13)22(24)25/h2-9,11,16H,10H2,1H3,(H,20,21,23)/b19-11-. The number of methoxy groups -OCH3 is 1. The second kappa shape index (κ2) is 8.45. The second-order valence-corrected chi connectivity index (χ2v) is 6.84. The van der Waals surface area contributed by atoms with Crippen LogP contribution in [0.5, 0.6) is 5.75 Å². The van der Waals surface area contributed by atoms with E-state index in [0.717, 1.165) is 11.3 Å². The Morgan fingerprint density at radius 2 is 1.93 bits per heavy atom. The molecule has 2 aromatic carbocycles. The molecule has 0 bridgehead atoms. The van der Waals surface area contributed by atoms with Gasteiger partial charge in [0.1, 0.15) is 5.75 Å². The van der Waals surface area contributed by atoms with Crippen molar-refractivity contribution in [2.24, 2.45) is 10.2 Å². The zero-order valence-electron chi connectivity index (χ0n) is 14.4. The third kappa shape index (κ3) is 4.91. The zero-order chi connectivity index (χ0) is 19.2. The van der Waals surface area contributed by atoms with E-state index in [1.165, 1.54) is 30.1 Å². The first-order chi connectivity index (χ1) is 13.0. The Morgan fingerprint density at radius 1 is 1.22 bits per heavy atom. The van der Waals surface area contributed by atoms with Crippen LogP contribution in [0.2, 0.25) is 0 Å². The van der Waals surface area contributed by atoms with E-state index in [-0.39, 0.29) is 16.8 Å². The summed E-state index contributed by atoms with van der Waals surface area (Å²) in [6.45, 7) is 0. The Kier molecular flexibility index (Phi) is 5.82. The van der Waals surface area contributed by atoms with Crippen molar-refractivity contribution in [1.82, 2.24) is 5.32 Å². The Balaban J connectivity index is 1.59. The van der Waals surface area contributed by atoms with E-state index in [1.807, 2.05) is 24.3 Å². The summed E-state index contributed by atoms with van der Waals surface area (Å²) in [5.41, 5.74) is 1.71. The molecule has 0 spiro atoms. The molecule has 1 aliphatic rings. The molecule has 1 saturated heterocycles. The van der Waals surface area contributed by atoms with Crippen LogP contribution in [0.4, 0.5) is 5.69 Å². The van der Waals surface area contributed by atoms with E-state index in [0.29, 0.717) is 17.2 Å². The first-order valence-electron chi connectivity index (χ1n) is 8.01. The molecule has 9 heteroatoms. The summed E-state index contributed by atoms with van der Waals surface area (Å²) in [6, 6.07) is 13.5. The van der Waals surface area contributed by atoms with Gasteiger partial charge in [-0.25, -0.2) is 0 Å². The van der Waals surface area contributed by atoms with E-state index in [2.05, 4.69) is 15.5 Å². The number of amides is 1. The van der Waals surface area contributed by atoms with Crippen molar-refractivity contribution in [1.29, 1.82) is 0 Å². The van der Waals surface area contributed by atoms with E-state index in [9.17, 15) is 14.9 Å². The highest BCUT2D eigenvalue weighted by Crippen LogP contribution is 2.24. The number of carbonyl (C=O) groups is 1. The Hall–Kier alpha value is -3.20. The number of nitrogens with zero attached hydrogens (tertiary/aromatic N) is 3. The van der Waals surface area contributed by atoms with Crippen molar-refractivity contribution in [3.05, 3.63) is 69.8 Å². The Morgan fingerprint density at radius 3 is 2.56 bits per heavy atom. The Labute approximate surface area is 159 Å². The molecule has 3 rings (SSSR count). The SMILES string of the molecule is COc1ccc(CC2S/C(=N/N=C\c3ccc([N+](=O)[O-])cc3)NC2=O)cc1. The molecule has 1 aliphatic heterocycles. The minimum Gasteiger partial charge on any atom is -0.497 e. The molecule has 0 saturated carbocycles. The number of non-ortho nitro benzene ring substituents is 1. The van der Waals surface area contributed by atoms with Gasteiger partial charge in [0.15, 0.2) is 5.17 Å². The van der Waals surface area contributed by atoms with Crippen LogP contribution in [-0.2, 0) is 11.2 Å². The van der Waals surface area contributed by atoms with Crippen molar-refractivity contribution in [3.63, 3.8) is 0 Å². The maximum Gasteiger partial charge on any atom is 0.269 e. The van der Waals surface area contributed by atoms with Crippen molar-refractivity contribution in [2.75, 3.05) is 7.11 Å². The van der Waals surface area contributed by atoms with E-state index in [1.54, 1.807) is 19.2 Å². The quantitative estimate of drug-likeness (QED) is 0.468. The first kappa shape index (κ1) is 18.6. The molecule has 1 unspecified atom stereocenters. The van der Waals surface area contributed by atoms with Gasteiger partial charge in [-0.2, -0.15) is 5.10 Å². The lowest BCUT2D eigenvalue weighted by Crippen LogP contribution is -2.25. The minimum absolute atomic E-state index is 0.0125. The molecule has 1 fully saturated rings. The van der Waals surface area contributed by atoms with Crippen LogP contribution >= 0.6 is 11.8 Å². The molecule has 1 amide bonds. The lowest BCUT2D eigenvalue weighted by molar-refractivity contribution is -0.384. The molecule has 0 aliphatic carbocycles. The molecular formula is C18H16N4O4S. The molecule has 0 aromatic heterocycles. The van der Waals surface area contributed by atoms with Gasteiger partial charge in [0.2, 0.25) is 5.91 Å². The van der Waals surface area contributed by atoms with Crippen LogP contribution in [0.1, 0.15) is 11.1 Å².